The zero-order valence-corrected chi connectivity index (χ0v) is 17.2. The molecule has 0 saturated carbocycles. The van der Waals surface area contributed by atoms with Crippen LogP contribution in [0.3, 0.4) is 0 Å². The minimum absolute atomic E-state index is 0.259. The second kappa shape index (κ2) is 9.43. The summed E-state index contributed by atoms with van der Waals surface area (Å²) in [7, 11) is 0. The first-order valence-electron chi connectivity index (χ1n) is 9.85. The number of ether oxygens (including phenoxy) is 1. The number of alkyl halides is 3. The predicted molar refractivity (Wildman–Crippen MR) is 119 cm³/mol. The Labute approximate surface area is 187 Å². The van der Waals surface area contributed by atoms with Gasteiger partial charge in [0.25, 0.3) is 0 Å². The van der Waals surface area contributed by atoms with Crippen molar-refractivity contribution in [2.75, 3.05) is 16.0 Å². The number of halogens is 3. The maximum atomic E-state index is 12.4. The van der Waals surface area contributed by atoms with Crippen LogP contribution in [0, 0.1) is 0 Å². The first kappa shape index (κ1) is 21.9. The molecule has 0 aliphatic carbocycles. The molecule has 0 amide bonds. The lowest BCUT2D eigenvalue weighted by Crippen LogP contribution is -2.21. The second-order valence-electron chi connectivity index (χ2n) is 6.92. The van der Waals surface area contributed by atoms with Crippen LogP contribution in [-0.2, 0) is 6.54 Å². The number of rotatable bonds is 7. The van der Waals surface area contributed by atoms with Crippen molar-refractivity contribution >= 4 is 28.8 Å². The molecule has 7 nitrogen and oxygen atoms in total. The summed E-state index contributed by atoms with van der Waals surface area (Å²) in [5, 5.41) is 3.01. The van der Waals surface area contributed by atoms with E-state index in [9.17, 15) is 13.2 Å². The molecular formula is C23H19F3N6O. The summed E-state index contributed by atoms with van der Waals surface area (Å²) in [6, 6.07) is 20.6. The third-order valence-electron chi connectivity index (χ3n) is 4.58. The van der Waals surface area contributed by atoms with Gasteiger partial charge in [-0.2, -0.15) is 0 Å². The quantitative estimate of drug-likeness (QED) is 0.386. The van der Waals surface area contributed by atoms with Gasteiger partial charge < -0.3 is 20.7 Å². The lowest BCUT2D eigenvalue weighted by molar-refractivity contribution is -0.274. The molecule has 0 aliphatic rings. The van der Waals surface area contributed by atoms with Gasteiger partial charge in [0.15, 0.2) is 11.6 Å². The van der Waals surface area contributed by atoms with E-state index in [1.165, 1.54) is 30.6 Å². The molecule has 0 fully saturated rings. The van der Waals surface area contributed by atoms with Crippen LogP contribution in [0.2, 0.25) is 0 Å². The van der Waals surface area contributed by atoms with Crippen LogP contribution in [0.5, 0.6) is 5.75 Å². The highest BCUT2D eigenvalue weighted by Crippen LogP contribution is 2.34. The molecule has 0 saturated heterocycles. The molecule has 0 bridgehead atoms. The van der Waals surface area contributed by atoms with Crippen molar-refractivity contribution in [1.29, 1.82) is 0 Å². The Morgan fingerprint density at radius 3 is 2.27 bits per heavy atom. The number of nitrogens with two attached hydrogens (primary N) is 1. The Bertz CT molecular complexity index is 1190. The lowest BCUT2D eigenvalue weighted by atomic mass is 10.2. The molecule has 0 aliphatic heterocycles. The summed E-state index contributed by atoms with van der Waals surface area (Å²) in [4.78, 5) is 14.9. The van der Waals surface area contributed by atoms with Crippen LogP contribution in [0.15, 0.2) is 85.3 Å². The Balaban J connectivity index is 1.62. The van der Waals surface area contributed by atoms with E-state index in [0.717, 1.165) is 5.56 Å². The Morgan fingerprint density at radius 2 is 1.61 bits per heavy atom. The minimum Gasteiger partial charge on any atom is -0.406 e. The molecule has 0 unspecified atom stereocenters. The summed E-state index contributed by atoms with van der Waals surface area (Å²) in [6.07, 6.45) is -1.72. The largest absolute Gasteiger partial charge is 0.573 e. The van der Waals surface area contributed by atoms with E-state index in [4.69, 9.17) is 5.73 Å². The van der Waals surface area contributed by atoms with Gasteiger partial charge in [-0.05, 0) is 42.0 Å². The SMILES string of the molecule is Nc1c(Nc2ccc(OC(F)(F)F)cc2)ncnc1N(Cc1ccccc1)c1ccccn1. The molecule has 0 atom stereocenters. The van der Waals surface area contributed by atoms with Gasteiger partial charge in [-0.15, -0.1) is 13.2 Å². The highest BCUT2D eigenvalue weighted by molar-refractivity contribution is 5.80. The normalized spacial score (nSPS) is 11.1. The molecule has 0 radical (unpaired) electrons. The minimum atomic E-state index is -4.76. The van der Waals surface area contributed by atoms with Crippen molar-refractivity contribution in [2.45, 2.75) is 12.9 Å². The lowest BCUT2D eigenvalue weighted by Gasteiger charge is -2.25. The van der Waals surface area contributed by atoms with Crippen LogP contribution in [0.4, 0.5) is 42.0 Å². The maximum Gasteiger partial charge on any atom is 0.573 e. The maximum absolute atomic E-state index is 12.4. The van der Waals surface area contributed by atoms with Crippen molar-refractivity contribution in [1.82, 2.24) is 15.0 Å². The van der Waals surface area contributed by atoms with Crippen LogP contribution in [-0.4, -0.2) is 21.3 Å². The number of anilines is 5. The number of benzene rings is 2. The third-order valence-corrected chi connectivity index (χ3v) is 4.58. The Hall–Kier alpha value is -4.34. The molecule has 33 heavy (non-hydrogen) atoms. The molecule has 2 aromatic heterocycles. The molecule has 4 rings (SSSR count). The van der Waals surface area contributed by atoms with E-state index >= 15 is 0 Å². The van der Waals surface area contributed by atoms with Gasteiger partial charge in [-0.1, -0.05) is 36.4 Å². The average Bonchev–Trinajstić information content (AvgIpc) is 2.81. The van der Waals surface area contributed by atoms with Crippen molar-refractivity contribution in [3.8, 4) is 5.75 Å². The highest BCUT2D eigenvalue weighted by atomic mass is 19.4. The first-order valence-corrected chi connectivity index (χ1v) is 9.85. The van der Waals surface area contributed by atoms with Gasteiger partial charge >= 0.3 is 6.36 Å². The van der Waals surface area contributed by atoms with Crippen LogP contribution < -0.4 is 20.7 Å². The molecule has 2 aromatic carbocycles. The fourth-order valence-corrected chi connectivity index (χ4v) is 3.12. The summed E-state index contributed by atoms with van der Waals surface area (Å²) >= 11 is 0. The highest BCUT2D eigenvalue weighted by Gasteiger charge is 2.31. The van der Waals surface area contributed by atoms with Crippen LogP contribution in [0.1, 0.15) is 5.56 Å². The summed E-state index contributed by atoms with van der Waals surface area (Å²) in [6.45, 7) is 0.460. The van der Waals surface area contributed by atoms with E-state index in [2.05, 4.69) is 25.0 Å². The molecule has 168 valence electrons. The fraction of sp³-hybridized carbons (Fsp3) is 0.0870. The molecular weight excluding hydrogens is 433 g/mol. The van der Waals surface area contributed by atoms with Gasteiger partial charge in [0.1, 0.15) is 23.6 Å². The number of nitrogen functional groups attached to an aromatic ring is 1. The Morgan fingerprint density at radius 1 is 0.879 bits per heavy atom. The van der Waals surface area contributed by atoms with Crippen molar-refractivity contribution in [3.63, 3.8) is 0 Å². The van der Waals surface area contributed by atoms with E-state index in [-0.39, 0.29) is 11.4 Å². The summed E-state index contributed by atoms with van der Waals surface area (Å²) in [5.41, 5.74) is 8.17. The van der Waals surface area contributed by atoms with Crippen molar-refractivity contribution in [2.24, 2.45) is 0 Å². The first-order chi connectivity index (χ1) is 15.9. The van der Waals surface area contributed by atoms with E-state index in [1.54, 1.807) is 6.20 Å². The van der Waals surface area contributed by atoms with Gasteiger partial charge in [0.05, 0.1) is 6.54 Å². The number of nitrogens with zero attached hydrogens (tertiary/aromatic N) is 4. The van der Waals surface area contributed by atoms with Crippen molar-refractivity contribution < 1.29 is 17.9 Å². The average molecular weight is 452 g/mol. The van der Waals surface area contributed by atoms with E-state index < -0.39 is 6.36 Å². The molecule has 3 N–H and O–H groups in total. The standard InChI is InChI=1S/C23H19F3N6O/c24-23(25,26)33-18-11-9-17(10-12-18)31-21-20(27)22(30-15-29-21)32(19-8-4-5-13-28-19)14-16-6-2-1-3-7-16/h1-13,15H,14,27H2,(H,29,30,31). The summed E-state index contributed by atoms with van der Waals surface area (Å²) in [5.74, 6) is 1.06. The fourth-order valence-electron chi connectivity index (χ4n) is 3.12. The number of pyridine rings is 1. The summed E-state index contributed by atoms with van der Waals surface area (Å²) < 4.78 is 41.0. The molecule has 4 aromatic rings. The van der Waals surface area contributed by atoms with Gasteiger partial charge in [0.2, 0.25) is 0 Å². The zero-order valence-electron chi connectivity index (χ0n) is 17.2. The number of hydrogen-bond donors (Lipinski definition) is 2. The van der Waals surface area contributed by atoms with E-state index in [1.807, 2.05) is 53.4 Å². The van der Waals surface area contributed by atoms with Gasteiger partial charge in [-0.25, -0.2) is 15.0 Å². The molecule has 2 heterocycles. The van der Waals surface area contributed by atoms with Gasteiger partial charge in [-0.3, -0.25) is 0 Å². The predicted octanol–water partition coefficient (Wildman–Crippen LogP) is 5.43. The van der Waals surface area contributed by atoms with Crippen molar-refractivity contribution in [3.05, 3.63) is 90.9 Å². The number of nitrogens with one attached hydrogen (secondary N) is 1. The van der Waals surface area contributed by atoms with Crippen LogP contribution in [0.25, 0.3) is 0 Å². The number of hydrogen-bond acceptors (Lipinski definition) is 7. The van der Waals surface area contributed by atoms with Gasteiger partial charge in [0, 0.05) is 11.9 Å². The van der Waals surface area contributed by atoms with Crippen LogP contribution >= 0.6 is 0 Å². The zero-order chi connectivity index (χ0) is 23.3. The third kappa shape index (κ3) is 5.67. The second-order valence-corrected chi connectivity index (χ2v) is 6.92. The molecule has 10 heteroatoms. The number of aromatic nitrogens is 3. The smallest absolute Gasteiger partial charge is 0.406 e. The van der Waals surface area contributed by atoms with E-state index in [0.29, 0.717) is 29.7 Å². The monoisotopic (exact) mass is 452 g/mol. The topological polar surface area (TPSA) is 89.2 Å². The molecule has 0 spiro atoms. The Kier molecular flexibility index (Phi) is 6.25.